The fraction of sp³-hybridized carbons (Fsp3) is 0.818. The Morgan fingerprint density at radius 1 is 1.38 bits per heavy atom. The first-order chi connectivity index (χ1) is 7.59. The van der Waals surface area contributed by atoms with Gasteiger partial charge in [0.1, 0.15) is 6.04 Å². The molecule has 1 atom stereocenters. The normalized spacial score (nSPS) is 28.7. The topological polar surface area (TPSA) is 60.9 Å². The van der Waals surface area contributed by atoms with Gasteiger partial charge in [-0.1, -0.05) is 12.8 Å². The molecule has 16 heavy (non-hydrogen) atoms. The molecule has 5 nitrogen and oxygen atoms in total. The molecule has 1 unspecified atom stereocenters. The Kier molecular flexibility index (Phi) is 3.14. The Morgan fingerprint density at radius 2 is 2.00 bits per heavy atom. The van der Waals surface area contributed by atoms with Gasteiger partial charge in [0.05, 0.1) is 6.54 Å². The summed E-state index contributed by atoms with van der Waals surface area (Å²) in [5, 5.41) is 9.18. The molecule has 1 aliphatic carbocycles. The third-order valence-electron chi connectivity index (χ3n) is 3.52. The van der Waals surface area contributed by atoms with Crippen molar-refractivity contribution >= 4 is 11.9 Å². The first-order valence-corrected chi connectivity index (χ1v) is 5.82. The van der Waals surface area contributed by atoms with Crippen molar-refractivity contribution in [2.45, 2.75) is 37.8 Å². The zero-order chi connectivity index (χ0) is 11.7. The minimum Gasteiger partial charge on any atom is -0.480 e. The smallest absolute Gasteiger partial charge is 0.327 e. The van der Waals surface area contributed by atoms with E-state index in [1.54, 1.807) is 16.8 Å². The molecule has 1 aliphatic heterocycles. The lowest BCUT2D eigenvalue weighted by Gasteiger charge is -2.40. The van der Waals surface area contributed by atoms with Crippen molar-refractivity contribution in [1.29, 1.82) is 0 Å². The van der Waals surface area contributed by atoms with Gasteiger partial charge in [0.25, 0.3) is 0 Å². The number of carboxylic acids is 1. The van der Waals surface area contributed by atoms with Crippen LogP contribution in [0.5, 0.6) is 0 Å². The van der Waals surface area contributed by atoms with Crippen LogP contribution in [0, 0.1) is 0 Å². The maximum Gasteiger partial charge on any atom is 0.327 e. The molecule has 1 N–H and O–H groups in total. The number of aliphatic carboxylic acids is 1. The minimum absolute atomic E-state index is 0.0342. The molecule has 90 valence electrons. The maximum atomic E-state index is 11.9. The molecule has 0 aromatic heterocycles. The number of amides is 1. The minimum atomic E-state index is -0.883. The molecular weight excluding hydrogens is 208 g/mol. The summed E-state index contributed by atoms with van der Waals surface area (Å²) in [6, 6.07) is -0.503. The predicted molar refractivity (Wildman–Crippen MR) is 58.0 cm³/mol. The summed E-state index contributed by atoms with van der Waals surface area (Å²) in [5.74, 6) is -0.917. The average molecular weight is 226 g/mol. The molecule has 2 rings (SSSR count). The van der Waals surface area contributed by atoms with Crippen LogP contribution in [0.25, 0.3) is 0 Å². The fourth-order valence-electron chi connectivity index (χ4n) is 2.77. The predicted octanol–water partition coefficient (Wildman–Crippen LogP) is 0.156. The number of carbonyl (C=O) groups is 2. The van der Waals surface area contributed by atoms with E-state index in [-0.39, 0.29) is 11.9 Å². The second kappa shape index (κ2) is 4.41. The van der Waals surface area contributed by atoms with Gasteiger partial charge in [0.15, 0.2) is 0 Å². The molecule has 1 saturated carbocycles. The molecule has 2 fully saturated rings. The van der Waals surface area contributed by atoms with Crippen LogP contribution in [0.15, 0.2) is 0 Å². The third-order valence-corrected chi connectivity index (χ3v) is 3.52. The van der Waals surface area contributed by atoms with Crippen molar-refractivity contribution in [2.24, 2.45) is 0 Å². The molecular formula is C11H18N2O3. The highest BCUT2D eigenvalue weighted by Gasteiger charge is 2.40. The van der Waals surface area contributed by atoms with Crippen molar-refractivity contribution in [3.05, 3.63) is 0 Å². The van der Waals surface area contributed by atoms with Crippen LogP contribution in [-0.2, 0) is 9.59 Å². The zero-order valence-corrected chi connectivity index (χ0v) is 9.56. The van der Waals surface area contributed by atoms with E-state index >= 15 is 0 Å². The standard InChI is InChI=1S/C11H18N2O3/c1-12-6-9(11(15)16)13(10(14)7-12)8-4-2-3-5-8/h8-9H,2-7H2,1H3,(H,15,16). The molecule has 5 heteroatoms. The Labute approximate surface area is 95.0 Å². The monoisotopic (exact) mass is 226 g/mol. The van der Waals surface area contributed by atoms with E-state index in [0.717, 1.165) is 25.7 Å². The summed E-state index contributed by atoms with van der Waals surface area (Å²) in [6.45, 7) is 0.790. The second-order valence-electron chi connectivity index (χ2n) is 4.79. The van der Waals surface area contributed by atoms with Gasteiger partial charge in [0.2, 0.25) is 5.91 Å². The number of likely N-dealkylation sites (N-methyl/N-ethyl adjacent to an activating group) is 1. The zero-order valence-electron chi connectivity index (χ0n) is 9.56. The van der Waals surface area contributed by atoms with Crippen LogP contribution < -0.4 is 0 Å². The first kappa shape index (κ1) is 11.4. The highest BCUT2D eigenvalue weighted by atomic mass is 16.4. The Morgan fingerprint density at radius 3 is 2.56 bits per heavy atom. The number of carbonyl (C=O) groups excluding carboxylic acids is 1. The van der Waals surface area contributed by atoms with E-state index in [2.05, 4.69) is 0 Å². The molecule has 0 aromatic carbocycles. The van der Waals surface area contributed by atoms with Crippen molar-refractivity contribution < 1.29 is 14.7 Å². The van der Waals surface area contributed by atoms with Crippen LogP contribution >= 0.6 is 0 Å². The van der Waals surface area contributed by atoms with Gasteiger partial charge in [-0.05, 0) is 19.9 Å². The van der Waals surface area contributed by atoms with Gasteiger partial charge < -0.3 is 10.0 Å². The number of rotatable bonds is 2. The number of carboxylic acid groups (broad SMARTS) is 1. The molecule has 1 amide bonds. The summed E-state index contributed by atoms with van der Waals surface area (Å²) in [6.07, 6.45) is 4.13. The highest BCUT2D eigenvalue weighted by molar-refractivity contribution is 5.86. The van der Waals surface area contributed by atoms with E-state index in [1.807, 2.05) is 0 Å². The number of hydrogen-bond donors (Lipinski definition) is 1. The summed E-state index contributed by atoms with van der Waals surface area (Å²) in [5.41, 5.74) is 0. The maximum absolute atomic E-state index is 11.9. The van der Waals surface area contributed by atoms with Crippen LogP contribution in [0.1, 0.15) is 25.7 Å². The molecule has 2 aliphatic rings. The van der Waals surface area contributed by atoms with E-state index in [9.17, 15) is 14.7 Å². The molecule has 0 spiro atoms. The molecule has 1 saturated heterocycles. The summed E-state index contributed by atoms with van der Waals surface area (Å²) in [4.78, 5) is 26.5. The van der Waals surface area contributed by atoms with E-state index < -0.39 is 12.0 Å². The van der Waals surface area contributed by atoms with Gasteiger partial charge in [-0.3, -0.25) is 9.69 Å². The second-order valence-corrected chi connectivity index (χ2v) is 4.79. The van der Waals surface area contributed by atoms with Crippen molar-refractivity contribution in [3.63, 3.8) is 0 Å². The van der Waals surface area contributed by atoms with Crippen LogP contribution in [0.2, 0.25) is 0 Å². The van der Waals surface area contributed by atoms with Crippen molar-refractivity contribution in [1.82, 2.24) is 9.80 Å². The lowest BCUT2D eigenvalue weighted by Crippen LogP contribution is -2.61. The SMILES string of the molecule is CN1CC(=O)N(C2CCCC2)C(C(=O)O)C1. The average Bonchev–Trinajstić information content (AvgIpc) is 2.69. The molecule has 1 heterocycles. The van der Waals surface area contributed by atoms with Crippen LogP contribution in [0.3, 0.4) is 0 Å². The van der Waals surface area contributed by atoms with Gasteiger partial charge >= 0.3 is 5.97 Å². The van der Waals surface area contributed by atoms with E-state index in [1.165, 1.54) is 0 Å². The summed E-state index contributed by atoms with van der Waals surface area (Å²) in [7, 11) is 1.79. The molecule has 0 aromatic rings. The van der Waals surface area contributed by atoms with E-state index in [0.29, 0.717) is 13.1 Å². The first-order valence-electron chi connectivity index (χ1n) is 5.82. The van der Waals surface area contributed by atoms with Crippen LogP contribution in [0.4, 0.5) is 0 Å². The lowest BCUT2D eigenvalue weighted by atomic mass is 10.1. The lowest BCUT2D eigenvalue weighted by molar-refractivity contribution is -0.157. The number of nitrogens with zero attached hydrogens (tertiary/aromatic N) is 2. The van der Waals surface area contributed by atoms with E-state index in [4.69, 9.17) is 0 Å². The third kappa shape index (κ3) is 2.04. The number of hydrogen-bond acceptors (Lipinski definition) is 3. The van der Waals surface area contributed by atoms with Gasteiger partial charge in [-0.25, -0.2) is 4.79 Å². The highest BCUT2D eigenvalue weighted by Crippen LogP contribution is 2.27. The van der Waals surface area contributed by atoms with Crippen molar-refractivity contribution in [3.8, 4) is 0 Å². The largest absolute Gasteiger partial charge is 0.480 e. The van der Waals surface area contributed by atoms with Crippen LogP contribution in [-0.4, -0.2) is 59.0 Å². The van der Waals surface area contributed by atoms with Gasteiger partial charge in [0, 0.05) is 12.6 Å². The Hall–Kier alpha value is -1.10. The van der Waals surface area contributed by atoms with Gasteiger partial charge in [-0.2, -0.15) is 0 Å². The Balaban J connectivity index is 2.16. The van der Waals surface area contributed by atoms with Crippen molar-refractivity contribution in [2.75, 3.05) is 20.1 Å². The molecule has 0 bridgehead atoms. The number of piperazine rings is 1. The summed E-state index contributed by atoms with van der Waals surface area (Å²) >= 11 is 0. The Bertz CT molecular complexity index is 300. The van der Waals surface area contributed by atoms with Gasteiger partial charge in [-0.15, -0.1) is 0 Å². The molecule has 0 radical (unpaired) electrons. The summed E-state index contributed by atoms with van der Waals surface area (Å²) < 4.78 is 0. The quantitative estimate of drug-likeness (QED) is 0.728. The fourth-order valence-corrected chi connectivity index (χ4v) is 2.77.